The molecular weight excluding hydrogens is 742 g/mol. The zero-order chi connectivity index (χ0) is 41.0. The zero-order valence-electron chi connectivity index (χ0n) is 33.7. The highest BCUT2D eigenvalue weighted by molar-refractivity contribution is 6.01. The smallest absolute Gasteiger partial charge is 0.303 e. The normalized spacial score (nSPS) is 42.4. The SMILES string of the molecule is CC(=O)N[C@H]1[C@@H](OCC(=O)[C@@]23O[C@H](C4CCCCC4)O[C@@H]2CC2C4CCC5=CC(=O)C=C[C@]5(C)C4[C@@H](O)C[C@@]23C)O[C@H](COC(C)=O)[C@@H](OC(C)=O)[C@@H]1OC(C)=O. The minimum absolute atomic E-state index is 0.00540. The van der Waals surface area contributed by atoms with Crippen molar-refractivity contribution in [3.05, 3.63) is 23.8 Å². The van der Waals surface area contributed by atoms with Gasteiger partial charge in [0, 0.05) is 50.4 Å². The highest BCUT2D eigenvalue weighted by Gasteiger charge is 2.76. The Bertz CT molecular complexity index is 1700. The van der Waals surface area contributed by atoms with E-state index in [9.17, 15) is 29.1 Å². The zero-order valence-corrected chi connectivity index (χ0v) is 33.7. The summed E-state index contributed by atoms with van der Waals surface area (Å²) in [6, 6.07) is -1.26. The third kappa shape index (κ3) is 7.40. The minimum atomic E-state index is -1.51. The molecule has 5 aliphatic carbocycles. The molecule has 0 spiro atoms. The van der Waals surface area contributed by atoms with Crippen LogP contribution in [0.4, 0.5) is 0 Å². The van der Waals surface area contributed by atoms with Crippen molar-refractivity contribution in [3.8, 4) is 0 Å². The van der Waals surface area contributed by atoms with Crippen LogP contribution in [0.25, 0.3) is 0 Å². The number of rotatable bonds is 10. The molecule has 314 valence electrons. The number of esters is 3. The Morgan fingerprint density at radius 3 is 2.30 bits per heavy atom. The number of Topliss-reactive ketones (excluding diaryl/α,β-unsaturated/α-hetero) is 1. The molecule has 7 rings (SSSR count). The van der Waals surface area contributed by atoms with Crippen molar-refractivity contribution < 1.29 is 67.0 Å². The molecule has 2 heterocycles. The quantitative estimate of drug-likeness (QED) is 0.241. The van der Waals surface area contributed by atoms with Crippen molar-refractivity contribution in [1.82, 2.24) is 5.32 Å². The molecule has 7 aliphatic rings. The summed E-state index contributed by atoms with van der Waals surface area (Å²) in [4.78, 5) is 76.7. The van der Waals surface area contributed by atoms with Crippen LogP contribution >= 0.6 is 0 Å². The molecule has 0 bridgehead atoms. The molecule has 3 unspecified atom stereocenters. The van der Waals surface area contributed by atoms with Crippen molar-refractivity contribution >= 4 is 35.4 Å². The maximum atomic E-state index is 15.2. The van der Waals surface area contributed by atoms with Crippen LogP contribution in [0.2, 0.25) is 0 Å². The summed E-state index contributed by atoms with van der Waals surface area (Å²) in [5.74, 6) is -3.30. The average molecular weight is 800 g/mol. The van der Waals surface area contributed by atoms with Gasteiger partial charge in [0.15, 0.2) is 42.0 Å². The summed E-state index contributed by atoms with van der Waals surface area (Å²) in [6.45, 7) is 7.86. The fourth-order valence-corrected chi connectivity index (χ4v) is 11.9. The monoisotopic (exact) mass is 799 g/mol. The summed E-state index contributed by atoms with van der Waals surface area (Å²) >= 11 is 0. The van der Waals surface area contributed by atoms with Crippen LogP contribution in [-0.4, -0.2) is 108 Å². The molecule has 57 heavy (non-hydrogen) atoms. The van der Waals surface area contributed by atoms with Crippen molar-refractivity contribution in [2.24, 2.45) is 34.5 Å². The number of carbonyl (C=O) groups excluding carboxylic acids is 6. The van der Waals surface area contributed by atoms with Gasteiger partial charge in [-0.1, -0.05) is 44.8 Å². The van der Waals surface area contributed by atoms with Crippen LogP contribution in [-0.2, 0) is 61.9 Å². The van der Waals surface area contributed by atoms with E-state index in [1.807, 2.05) is 13.0 Å². The average Bonchev–Trinajstić information content (AvgIpc) is 3.65. The fourth-order valence-electron chi connectivity index (χ4n) is 11.9. The third-order valence-corrected chi connectivity index (χ3v) is 14.2. The molecule has 15 nitrogen and oxygen atoms in total. The van der Waals surface area contributed by atoms with Gasteiger partial charge >= 0.3 is 17.9 Å². The van der Waals surface area contributed by atoms with E-state index in [2.05, 4.69) is 12.2 Å². The number of allylic oxidation sites excluding steroid dienone is 4. The maximum Gasteiger partial charge on any atom is 0.303 e. The van der Waals surface area contributed by atoms with Gasteiger partial charge in [0.1, 0.15) is 25.4 Å². The summed E-state index contributed by atoms with van der Waals surface area (Å²) in [7, 11) is 0. The van der Waals surface area contributed by atoms with E-state index in [-0.39, 0.29) is 35.9 Å². The van der Waals surface area contributed by atoms with Crippen LogP contribution in [0, 0.1) is 34.5 Å². The predicted molar refractivity (Wildman–Crippen MR) is 197 cm³/mol. The van der Waals surface area contributed by atoms with Gasteiger partial charge < -0.3 is 43.6 Å². The summed E-state index contributed by atoms with van der Waals surface area (Å²) in [6.07, 6.45) is 5.07. The second-order valence-corrected chi connectivity index (χ2v) is 17.6. The van der Waals surface area contributed by atoms with Crippen molar-refractivity contribution in [1.29, 1.82) is 0 Å². The number of fused-ring (bicyclic) bond motifs is 7. The number of aliphatic hydroxyl groups is 1. The second kappa shape index (κ2) is 15.9. The number of aliphatic hydroxyl groups excluding tert-OH is 1. The number of nitrogens with one attached hydrogen (secondary N) is 1. The van der Waals surface area contributed by atoms with Gasteiger partial charge in [0.25, 0.3) is 0 Å². The van der Waals surface area contributed by atoms with Crippen LogP contribution in [0.15, 0.2) is 23.8 Å². The molecule has 2 aliphatic heterocycles. The first-order valence-electron chi connectivity index (χ1n) is 20.5. The Morgan fingerprint density at radius 1 is 0.930 bits per heavy atom. The third-order valence-electron chi connectivity index (χ3n) is 14.2. The Kier molecular flexibility index (Phi) is 11.6. The van der Waals surface area contributed by atoms with Crippen molar-refractivity contribution in [2.45, 2.75) is 154 Å². The van der Waals surface area contributed by atoms with Gasteiger partial charge in [-0.25, -0.2) is 0 Å². The van der Waals surface area contributed by atoms with Crippen molar-refractivity contribution in [2.75, 3.05) is 13.2 Å². The predicted octanol–water partition coefficient (Wildman–Crippen LogP) is 3.18. The first kappa shape index (κ1) is 41.7. The summed E-state index contributed by atoms with van der Waals surface area (Å²) in [5, 5.41) is 14.9. The molecule has 2 saturated heterocycles. The van der Waals surface area contributed by atoms with Crippen LogP contribution in [0.5, 0.6) is 0 Å². The number of ketones is 2. The van der Waals surface area contributed by atoms with E-state index in [4.69, 9.17) is 33.2 Å². The molecular formula is C42H57NO14. The Morgan fingerprint density at radius 2 is 1.63 bits per heavy atom. The van der Waals surface area contributed by atoms with Gasteiger partial charge in [0.2, 0.25) is 5.91 Å². The largest absolute Gasteiger partial charge is 0.463 e. The van der Waals surface area contributed by atoms with E-state index in [0.29, 0.717) is 12.8 Å². The van der Waals surface area contributed by atoms with Gasteiger partial charge in [-0.2, -0.15) is 0 Å². The fraction of sp³-hybridized carbons (Fsp3) is 0.762. The van der Waals surface area contributed by atoms with E-state index in [0.717, 1.165) is 57.9 Å². The first-order valence-corrected chi connectivity index (χ1v) is 20.5. The van der Waals surface area contributed by atoms with E-state index in [1.54, 1.807) is 12.2 Å². The lowest BCUT2D eigenvalue weighted by Crippen LogP contribution is -2.67. The van der Waals surface area contributed by atoms with E-state index >= 15 is 4.79 Å². The van der Waals surface area contributed by atoms with Crippen LogP contribution in [0.3, 0.4) is 0 Å². The lowest BCUT2D eigenvalue weighted by Gasteiger charge is -2.59. The minimum Gasteiger partial charge on any atom is -0.463 e. The van der Waals surface area contributed by atoms with Gasteiger partial charge in [-0.3, -0.25) is 28.8 Å². The Labute approximate surface area is 332 Å². The molecule has 2 N–H and O–H groups in total. The Hall–Kier alpha value is -3.50. The second-order valence-electron chi connectivity index (χ2n) is 17.6. The first-order chi connectivity index (χ1) is 27.0. The van der Waals surface area contributed by atoms with Crippen LogP contribution < -0.4 is 5.32 Å². The molecule has 0 aromatic rings. The lowest BCUT2D eigenvalue weighted by molar-refractivity contribution is -0.278. The standard InChI is InChI=1S/C42H57NO14/c1-21(44)43-35-37(54-24(4)47)36(53-23(3)46)31(19-51-22(2)45)55-39(35)52-20-32(50)42-33(56-38(57-42)25-10-8-7-9-11-25)17-29-28-13-12-26-16-27(48)14-15-40(26,5)34(28)30(49)18-41(29,42)6/h14-16,25,28-31,33-39,49H,7-13,17-20H2,1-6H3,(H,43,44)/t28?,29?,30-,31+,33+,34?,35+,36+,37+,38+,39-,40-,41-,42+/m0/s1. The molecule has 0 aromatic carbocycles. The topological polar surface area (TPSA) is 199 Å². The highest BCUT2D eigenvalue weighted by atomic mass is 16.8. The lowest BCUT2D eigenvalue weighted by atomic mass is 9.46. The number of ether oxygens (including phenoxy) is 7. The summed E-state index contributed by atoms with van der Waals surface area (Å²) in [5.41, 5.74) is -1.87. The molecule has 0 aromatic heterocycles. The molecule has 1 amide bonds. The van der Waals surface area contributed by atoms with E-state index < -0.39 is 108 Å². The number of amides is 1. The number of carbonyl (C=O) groups is 6. The molecule has 15 heteroatoms. The molecule has 6 fully saturated rings. The Balaban J connectivity index is 1.21. The van der Waals surface area contributed by atoms with Gasteiger partial charge in [-0.05, 0) is 62.5 Å². The highest BCUT2D eigenvalue weighted by Crippen LogP contribution is 2.70. The van der Waals surface area contributed by atoms with Crippen molar-refractivity contribution in [3.63, 3.8) is 0 Å². The summed E-state index contributed by atoms with van der Waals surface area (Å²) < 4.78 is 42.8. The number of hydrogen-bond acceptors (Lipinski definition) is 14. The maximum absolute atomic E-state index is 15.2. The van der Waals surface area contributed by atoms with E-state index in [1.165, 1.54) is 13.8 Å². The molecule has 4 saturated carbocycles. The van der Waals surface area contributed by atoms with Gasteiger partial charge in [-0.15, -0.1) is 0 Å². The molecule has 0 radical (unpaired) electrons. The van der Waals surface area contributed by atoms with Crippen LogP contribution in [0.1, 0.15) is 99.3 Å². The van der Waals surface area contributed by atoms with Gasteiger partial charge in [0.05, 0.1) is 12.2 Å². The molecule has 14 atom stereocenters. The number of hydrogen-bond donors (Lipinski definition) is 2.